The molecular weight excluding hydrogens is 236 g/mol. The van der Waals surface area contributed by atoms with Crippen molar-refractivity contribution < 1.29 is 4.74 Å². The van der Waals surface area contributed by atoms with Crippen LogP contribution in [0.15, 0.2) is 30.4 Å². The zero-order chi connectivity index (χ0) is 12.8. The second kappa shape index (κ2) is 6.64. The van der Waals surface area contributed by atoms with E-state index in [9.17, 15) is 0 Å². The van der Waals surface area contributed by atoms with Gasteiger partial charge in [-0.2, -0.15) is 0 Å². The summed E-state index contributed by atoms with van der Waals surface area (Å²) in [6.45, 7) is 5.90. The number of halogens is 1. The molecular formula is C13H19ClN2O. The van der Waals surface area contributed by atoms with Crippen molar-refractivity contribution in [1.29, 1.82) is 0 Å². The first-order valence-electron chi connectivity index (χ1n) is 5.52. The van der Waals surface area contributed by atoms with Crippen molar-refractivity contribution in [3.05, 3.63) is 40.9 Å². The van der Waals surface area contributed by atoms with Gasteiger partial charge in [-0.05, 0) is 31.9 Å². The second-order valence-electron chi connectivity index (χ2n) is 4.10. The summed E-state index contributed by atoms with van der Waals surface area (Å²) in [6, 6.07) is 5.61. The molecule has 1 aromatic rings. The van der Waals surface area contributed by atoms with E-state index in [1.165, 1.54) is 0 Å². The number of benzene rings is 1. The Morgan fingerprint density at radius 3 is 2.82 bits per heavy atom. The van der Waals surface area contributed by atoms with Gasteiger partial charge in [-0.25, -0.2) is 0 Å². The highest BCUT2D eigenvalue weighted by molar-refractivity contribution is 6.30. The van der Waals surface area contributed by atoms with Crippen molar-refractivity contribution in [2.45, 2.75) is 25.8 Å². The molecule has 0 spiro atoms. The van der Waals surface area contributed by atoms with E-state index in [-0.39, 0.29) is 6.04 Å². The number of rotatable bonds is 6. The zero-order valence-electron chi connectivity index (χ0n) is 10.3. The SMILES string of the molecule is C=C(C)CCC(NN)c1ccc(Cl)cc1OC. The van der Waals surface area contributed by atoms with Crippen LogP contribution in [-0.4, -0.2) is 7.11 Å². The molecule has 0 aliphatic carbocycles. The van der Waals surface area contributed by atoms with Gasteiger partial charge in [-0.15, -0.1) is 6.58 Å². The Kier molecular flexibility index (Phi) is 5.48. The summed E-state index contributed by atoms with van der Waals surface area (Å²) in [6.07, 6.45) is 1.80. The van der Waals surface area contributed by atoms with Gasteiger partial charge < -0.3 is 4.74 Å². The van der Waals surface area contributed by atoms with Crippen molar-refractivity contribution in [2.24, 2.45) is 5.84 Å². The third kappa shape index (κ3) is 4.04. The summed E-state index contributed by atoms with van der Waals surface area (Å²) in [5, 5.41) is 0.654. The number of allylic oxidation sites excluding steroid dienone is 1. The monoisotopic (exact) mass is 254 g/mol. The Labute approximate surface area is 108 Å². The van der Waals surface area contributed by atoms with Gasteiger partial charge in [0.1, 0.15) is 5.75 Å². The lowest BCUT2D eigenvalue weighted by Gasteiger charge is -2.19. The van der Waals surface area contributed by atoms with E-state index in [1.807, 2.05) is 19.1 Å². The van der Waals surface area contributed by atoms with Gasteiger partial charge in [-0.3, -0.25) is 11.3 Å². The first kappa shape index (κ1) is 14.0. The first-order valence-corrected chi connectivity index (χ1v) is 5.90. The van der Waals surface area contributed by atoms with E-state index in [4.69, 9.17) is 22.2 Å². The molecule has 0 aliphatic rings. The van der Waals surface area contributed by atoms with Crippen LogP contribution in [0.2, 0.25) is 5.02 Å². The van der Waals surface area contributed by atoms with Gasteiger partial charge in [0.05, 0.1) is 7.11 Å². The quantitative estimate of drug-likeness (QED) is 0.466. The van der Waals surface area contributed by atoms with E-state index in [1.54, 1.807) is 13.2 Å². The second-order valence-corrected chi connectivity index (χ2v) is 4.54. The Balaban J connectivity index is 2.90. The van der Waals surface area contributed by atoms with E-state index in [0.717, 1.165) is 29.7 Å². The summed E-state index contributed by atoms with van der Waals surface area (Å²) in [7, 11) is 1.63. The summed E-state index contributed by atoms with van der Waals surface area (Å²) < 4.78 is 5.31. The summed E-state index contributed by atoms with van der Waals surface area (Å²) in [5.74, 6) is 6.34. The lowest BCUT2D eigenvalue weighted by molar-refractivity contribution is 0.396. The molecule has 1 unspecified atom stereocenters. The molecule has 3 N–H and O–H groups in total. The molecule has 94 valence electrons. The summed E-state index contributed by atoms with van der Waals surface area (Å²) in [5.41, 5.74) is 4.96. The Hall–Kier alpha value is -1.03. The predicted molar refractivity (Wildman–Crippen MR) is 72.1 cm³/mol. The van der Waals surface area contributed by atoms with E-state index in [2.05, 4.69) is 12.0 Å². The van der Waals surface area contributed by atoms with Gasteiger partial charge in [-0.1, -0.05) is 23.2 Å². The number of hydrogen-bond acceptors (Lipinski definition) is 3. The molecule has 1 atom stereocenters. The molecule has 1 aromatic carbocycles. The molecule has 0 aliphatic heterocycles. The molecule has 0 amide bonds. The molecule has 0 saturated heterocycles. The lowest BCUT2D eigenvalue weighted by Crippen LogP contribution is -2.28. The highest BCUT2D eigenvalue weighted by atomic mass is 35.5. The van der Waals surface area contributed by atoms with Gasteiger partial charge >= 0.3 is 0 Å². The Morgan fingerprint density at radius 1 is 1.59 bits per heavy atom. The molecule has 0 fully saturated rings. The minimum atomic E-state index is 0.0407. The van der Waals surface area contributed by atoms with Gasteiger partial charge in [0.25, 0.3) is 0 Å². The molecule has 1 rings (SSSR count). The van der Waals surface area contributed by atoms with Crippen LogP contribution in [0.1, 0.15) is 31.4 Å². The summed E-state index contributed by atoms with van der Waals surface area (Å²) in [4.78, 5) is 0. The maximum absolute atomic E-state index is 5.93. The topological polar surface area (TPSA) is 47.3 Å². The van der Waals surface area contributed by atoms with Crippen LogP contribution in [0.5, 0.6) is 5.75 Å². The van der Waals surface area contributed by atoms with Crippen LogP contribution in [-0.2, 0) is 0 Å². The highest BCUT2D eigenvalue weighted by Crippen LogP contribution is 2.30. The third-order valence-electron chi connectivity index (χ3n) is 2.63. The minimum absolute atomic E-state index is 0.0407. The van der Waals surface area contributed by atoms with Crippen LogP contribution in [0.3, 0.4) is 0 Å². The molecule has 0 saturated carbocycles. The molecule has 0 aromatic heterocycles. The highest BCUT2D eigenvalue weighted by Gasteiger charge is 2.14. The van der Waals surface area contributed by atoms with Crippen LogP contribution in [0, 0.1) is 0 Å². The van der Waals surface area contributed by atoms with Crippen molar-refractivity contribution >= 4 is 11.6 Å². The maximum Gasteiger partial charge on any atom is 0.125 e. The smallest absolute Gasteiger partial charge is 0.125 e. The van der Waals surface area contributed by atoms with E-state index < -0.39 is 0 Å². The fraction of sp³-hybridized carbons (Fsp3) is 0.385. The first-order chi connectivity index (χ1) is 8.08. The number of nitrogens with one attached hydrogen (secondary N) is 1. The van der Waals surface area contributed by atoms with Gasteiger partial charge in [0, 0.05) is 16.6 Å². The number of nitrogens with two attached hydrogens (primary N) is 1. The number of methoxy groups -OCH3 is 1. The number of hydrazine groups is 1. The standard InChI is InChI=1S/C13H19ClN2O/c1-9(2)4-7-12(16-15)11-6-5-10(14)8-13(11)17-3/h5-6,8,12,16H,1,4,7,15H2,2-3H3. The zero-order valence-corrected chi connectivity index (χ0v) is 11.1. The fourth-order valence-electron chi connectivity index (χ4n) is 1.69. The number of ether oxygens (including phenoxy) is 1. The molecule has 0 radical (unpaired) electrons. The molecule has 0 heterocycles. The predicted octanol–water partition coefficient (Wildman–Crippen LogP) is 3.21. The van der Waals surface area contributed by atoms with Crippen LogP contribution in [0.4, 0.5) is 0 Å². The molecule has 4 heteroatoms. The molecule has 0 bridgehead atoms. The molecule has 17 heavy (non-hydrogen) atoms. The van der Waals surface area contributed by atoms with E-state index in [0.29, 0.717) is 5.02 Å². The van der Waals surface area contributed by atoms with Crippen LogP contribution >= 0.6 is 11.6 Å². The summed E-state index contributed by atoms with van der Waals surface area (Å²) >= 11 is 5.93. The lowest BCUT2D eigenvalue weighted by atomic mass is 9.99. The van der Waals surface area contributed by atoms with Crippen molar-refractivity contribution in [3.8, 4) is 5.75 Å². The van der Waals surface area contributed by atoms with Crippen LogP contribution < -0.4 is 16.0 Å². The minimum Gasteiger partial charge on any atom is -0.496 e. The maximum atomic E-state index is 5.93. The van der Waals surface area contributed by atoms with Crippen molar-refractivity contribution in [2.75, 3.05) is 7.11 Å². The Bertz CT molecular complexity index is 393. The normalized spacial score (nSPS) is 12.2. The largest absolute Gasteiger partial charge is 0.496 e. The van der Waals surface area contributed by atoms with E-state index >= 15 is 0 Å². The van der Waals surface area contributed by atoms with Crippen molar-refractivity contribution in [3.63, 3.8) is 0 Å². The average molecular weight is 255 g/mol. The number of hydrogen-bond donors (Lipinski definition) is 2. The van der Waals surface area contributed by atoms with Gasteiger partial charge in [0.2, 0.25) is 0 Å². The Morgan fingerprint density at radius 2 is 2.29 bits per heavy atom. The van der Waals surface area contributed by atoms with Crippen molar-refractivity contribution in [1.82, 2.24) is 5.43 Å². The third-order valence-corrected chi connectivity index (χ3v) is 2.87. The van der Waals surface area contributed by atoms with Gasteiger partial charge in [0.15, 0.2) is 0 Å². The molecule has 3 nitrogen and oxygen atoms in total. The van der Waals surface area contributed by atoms with Crippen LogP contribution in [0.25, 0.3) is 0 Å². The fourth-order valence-corrected chi connectivity index (χ4v) is 1.85. The average Bonchev–Trinajstić information content (AvgIpc) is 2.30.